The molecule has 0 radical (unpaired) electrons. The van der Waals surface area contributed by atoms with Gasteiger partial charge in [-0.3, -0.25) is 10.1 Å². The van der Waals surface area contributed by atoms with Crippen LogP contribution in [0.1, 0.15) is 11.1 Å². The van der Waals surface area contributed by atoms with Gasteiger partial charge in [0.1, 0.15) is 0 Å². The summed E-state index contributed by atoms with van der Waals surface area (Å²) in [4.78, 5) is 12.3. The van der Waals surface area contributed by atoms with Gasteiger partial charge in [0, 0.05) is 11.8 Å². The number of anilines is 1. The molecular formula is C18H17N3O4S. The van der Waals surface area contributed by atoms with Gasteiger partial charge in [0.05, 0.1) is 11.3 Å². The first-order chi connectivity index (χ1) is 12.3. The molecule has 1 heterocycles. The van der Waals surface area contributed by atoms with E-state index in [1.807, 2.05) is 31.2 Å². The molecule has 26 heavy (non-hydrogen) atoms. The molecule has 0 unspecified atom stereocenters. The summed E-state index contributed by atoms with van der Waals surface area (Å²) in [5.41, 5.74) is 2.56. The molecule has 1 N–H and O–H groups in total. The number of aromatic nitrogens is 2. The summed E-state index contributed by atoms with van der Waals surface area (Å²) < 4.78 is 28.4. The summed E-state index contributed by atoms with van der Waals surface area (Å²) in [6, 6.07) is 13.7. The largest absolute Gasteiger partial charge is 0.403 e. The summed E-state index contributed by atoms with van der Waals surface area (Å²) in [6.45, 7) is 1.98. The number of benzene rings is 2. The fourth-order valence-electron chi connectivity index (χ4n) is 2.29. The number of sulfone groups is 1. The number of hydrogen-bond donors (Lipinski definition) is 1. The molecule has 0 fully saturated rings. The molecule has 0 bridgehead atoms. The lowest BCUT2D eigenvalue weighted by atomic mass is 10.1. The smallest absolute Gasteiger partial charge is 0.322 e. The predicted molar refractivity (Wildman–Crippen MR) is 96.4 cm³/mol. The lowest BCUT2D eigenvalue weighted by molar-refractivity contribution is -0.115. The number of hydrogen-bond acceptors (Lipinski definition) is 6. The lowest BCUT2D eigenvalue weighted by Gasteiger charge is -2.02. The van der Waals surface area contributed by atoms with Gasteiger partial charge in [-0.1, -0.05) is 34.9 Å². The van der Waals surface area contributed by atoms with E-state index in [9.17, 15) is 13.2 Å². The topological polar surface area (TPSA) is 102 Å². The molecule has 3 aromatic rings. The molecule has 2 aromatic carbocycles. The highest BCUT2D eigenvalue weighted by Crippen LogP contribution is 2.21. The van der Waals surface area contributed by atoms with Crippen LogP contribution in [-0.4, -0.2) is 30.8 Å². The Bertz CT molecular complexity index is 1020. The standard InChI is InChI=1S/C18H17N3O4S/c1-12-3-5-13(6-4-12)11-16(22)19-18-21-20-17(25-18)14-7-9-15(10-8-14)26(2,23)24/h3-10H,11H2,1-2H3,(H,19,21,22). The van der Waals surface area contributed by atoms with Crippen molar-refractivity contribution in [3.05, 3.63) is 59.7 Å². The van der Waals surface area contributed by atoms with E-state index in [1.54, 1.807) is 12.1 Å². The summed E-state index contributed by atoms with van der Waals surface area (Å²) in [5, 5.41) is 10.2. The van der Waals surface area contributed by atoms with Gasteiger partial charge in [0.2, 0.25) is 11.8 Å². The average Bonchev–Trinajstić information content (AvgIpc) is 3.04. The third-order valence-electron chi connectivity index (χ3n) is 3.69. The van der Waals surface area contributed by atoms with Crippen LogP contribution in [0.3, 0.4) is 0 Å². The lowest BCUT2D eigenvalue weighted by Crippen LogP contribution is -2.14. The van der Waals surface area contributed by atoms with Crippen molar-refractivity contribution in [3.8, 4) is 11.5 Å². The number of aryl methyl sites for hydroxylation is 1. The highest BCUT2D eigenvalue weighted by molar-refractivity contribution is 7.90. The van der Waals surface area contributed by atoms with Crippen LogP contribution in [0.5, 0.6) is 0 Å². The van der Waals surface area contributed by atoms with Crippen LogP contribution in [0, 0.1) is 6.92 Å². The second-order valence-electron chi connectivity index (χ2n) is 5.92. The maximum Gasteiger partial charge on any atom is 0.322 e. The number of rotatable bonds is 5. The number of carbonyl (C=O) groups excluding carboxylic acids is 1. The number of amides is 1. The number of nitrogens with zero attached hydrogens (tertiary/aromatic N) is 2. The van der Waals surface area contributed by atoms with Gasteiger partial charge in [-0.2, -0.15) is 0 Å². The average molecular weight is 371 g/mol. The first-order valence-corrected chi connectivity index (χ1v) is 9.70. The van der Waals surface area contributed by atoms with Gasteiger partial charge in [-0.05, 0) is 36.8 Å². The first-order valence-electron chi connectivity index (χ1n) is 7.81. The Morgan fingerprint density at radius 1 is 1.04 bits per heavy atom. The molecule has 0 saturated carbocycles. The summed E-state index contributed by atoms with van der Waals surface area (Å²) in [6.07, 6.45) is 1.33. The van der Waals surface area contributed by atoms with E-state index < -0.39 is 9.84 Å². The Morgan fingerprint density at radius 2 is 1.69 bits per heavy atom. The highest BCUT2D eigenvalue weighted by atomic mass is 32.2. The Balaban J connectivity index is 1.67. The Kier molecular flexibility index (Phi) is 4.85. The molecule has 0 saturated heterocycles. The molecule has 0 aliphatic rings. The van der Waals surface area contributed by atoms with Gasteiger partial charge in [-0.25, -0.2) is 8.42 Å². The van der Waals surface area contributed by atoms with Gasteiger partial charge < -0.3 is 4.42 Å². The summed E-state index contributed by atoms with van der Waals surface area (Å²) in [7, 11) is -3.27. The second kappa shape index (κ2) is 7.09. The third-order valence-corrected chi connectivity index (χ3v) is 4.81. The van der Waals surface area contributed by atoms with Crippen molar-refractivity contribution in [1.82, 2.24) is 10.2 Å². The highest BCUT2D eigenvalue weighted by Gasteiger charge is 2.13. The van der Waals surface area contributed by atoms with Gasteiger partial charge in [0.25, 0.3) is 0 Å². The minimum Gasteiger partial charge on any atom is -0.403 e. The van der Waals surface area contributed by atoms with Crippen LogP contribution in [0.2, 0.25) is 0 Å². The van der Waals surface area contributed by atoms with Crippen molar-refractivity contribution in [2.45, 2.75) is 18.2 Å². The molecule has 0 aliphatic carbocycles. The fraction of sp³-hybridized carbons (Fsp3) is 0.167. The van der Waals surface area contributed by atoms with Crippen LogP contribution in [0.25, 0.3) is 11.5 Å². The molecular weight excluding hydrogens is 354 g/mol. The van der Waals surface area contributed by atoms with Crippen molar-refractivity contribution >= 4 is 21.8 Å². The molecule has 7 nitrogen and oxygen atoms in total. The SMILES string of the molecule is Cc1ccc(CC(=O)Nc2nnc(-c3ccc(S(C)(=O)=O)cc3)o2)cc1. The first kappa shape index (κ1) is 17.8. The van der Waals surface area contributed by atoms with E-state index in [-0.39, 0.29) is 29.1 Å². The van der Waals surface area contributed by atoms with Crippen LogP contribution in [0.4, 0.5) is 6.01 Å². The Labute approximate surface area is 151 Å². The van der Waals surface area contributed by atoms with Gasteiger partial charge in [-0.15, -0.1) is 5.10 Å². The van der Waals surface area contributed by atoms with Crippen molar-refractivity contribution in [3.63, 3.8) is 0 Å². The van der Waals surface area contributed by atoms with E-state index in [1.165, 1.54) is 12.1 Å². The van der Waals surface area contributed by atoms with Crippen LogP contribution >= 0.6 is 0 Å². The van der Waals surface area contributed by atoms with E-state index in [4.69, 9.17) is 4.42 Å². The maximum atomic E-state index is 12.1. The molecule has 0 spiro atoms. The Hall–Kier alpha value is -3.00. The molecule has 134 valence electrons. The van der Waals surface area contributed by atoms with Crippen LogP contribution < -0.4 is 5.32 Å². The maximum absolute atomic E-state index is 12.1. The predicted octanol–water partition coefficient (Wildman–Crippen LogP) is 2.63. The summed E-state index contributed by atoms with van der Waals surface area (Å²) >= 11 is 0. The molecule has 1 aromatic heterocycles. The van der Waals surface area contributed by atoms with Gasteiger partial charge in [0.15, 0.2) is 9.84 Å². The van der Waals surface area contributed by atoms with Crippen molar-refractivity contribution in [2.75, 3.05) is 11.6 Å². The van der Waals surface area contributed by atoms with Crippen LogP contribution in [0.15, 0.2) is 57.8 Å². The summed E-state index contributed by atoms with van der Waals surface area (Å²) in [5.74, 6) is -0.0767. The van der Waals surface area contributed by atoms with Crippen molar-refractivity contribution < 1.29 is 17.6 Å². The van der Waals surface area contributed by atoms with Crippen LogP contribution in [-0.2, 0) is 21.1 Å². The van der Waals surface area contributed by atoms with Gasteiger partial charge >= 0.3 is 6.01 Å². The van der Waals surface area contributed by atoms with Crippen molar-refractivity contribution in [1.29, 1.82) is 0 Å². The fourth-order valence-corrected chi connectivity index (χ4v) is 2.92. The minimum atomic E-state index is -3.27. The normalized spacial score (nSPS) is 11.3. The van der Waals surface area contributed by atoms with E-state index >= 15 is 0 Å². The number of nitrogens with one attached hydrogen (secondary N) is 1. The van der Waals surface area contributed by atoms with E-state index in [0.717, 1.165) is 17.4 Å². The molecule has 8 heteroatoms. The second-order valence-corrected chi connectivity index (χ2v) is 7.94. The quantitative estimate of drug-likeness (QED) is 0.740. The third kappa shape index (κ3) is 4.34. The zero-order chi connectivity index (χ0) is 18.7. The molecule has 1 amide bonds. The van der Waals surface area contributed by atoms with E-state index in [2.05, 4.69) is 15.5 Å². The molecule has 0 aliphatic heterocycles. The van der Waals surface area contributed by atoms with Crippen molar-refractivity contribution in [2.24, 2.45) is 0 Å². The minimum absolute atomic E-state index is 0.00991. The Morgan fingerprint density at radius 3 is 2.31 bits per heavy atom. The molecule has 3 rings (SSSR count). The van der Waals surface area contributed by atoms with E-state index in [0.29, 0.717) is 5.56 Å². The monoisotopic (exact) mass is 371 g/mol. The molecule has 0 atom stereocenters. The zero-order valence-electron chi connectivity index (χ0n) is 14.3. The zero-order valence-corrected chi connectivity index (χ0v) is 15.1. The number of carbonyl (C=O) groups is 1.